The summed E-state index contributed by atoms with van der Waals surface area (Å²) in [7, 11) is 0. The van der Waals surface area contributed by atoms with E-state index in [2.05, 4.69) is 10.3 Å². The number of aryl methyl sites for hydroxylation is 1. The third kappa shape index (κ3) is 3.39. The third-order valence-electron chi connectivity index (χ3n) is 2.37. The number of nitrogens with one attached hydrogen (secondary N) is 1. The van der Waals surface area contributed by atoms with Gasteiger partial charge in [0.2, 0.25) is 0 Å². The molecule has 0 fully saturated rings. The number of carbonyl (C=O) groups excluding carboxylic acids is 1. The Balaban J connectivity index is 1.95. The highest BCUT2D eigenvalue weighted by Gasteiger charge is 2.13. The minimum atomic E-state index is -1.02. The molecule has 2 aromatic heterocycles. The Bertz CT molecular complexity index is 604. The van der Waals surface area contributed by atoms with E-state index >= 15 is 0 Å². The van der Waals surface area contributed by atoms with E-state index in [1.165, 1.54) is 12.1 Å². The number of aromatic carboxylic acids is 1. The van der Waals surface area contributed by atoms with Crippen molar-refractivity contribution in [1.82, 2.24) is 10.3 Å². The molecule has 19 heavy (non-hydrogen) atoms. The molecule has 0 aromatic carbocycles. The van der Waals surface area contributed by atoms with E-state index in [0.717, 1.165) is 28.5 Å². The van der Waals surface area contributed by atoms with Crippen LogP contribution in [0.15, 0.2) is 17.5 Å². The van der Waals surface area contributed by atoms with E-state index in [1.54, 1.807) is 11.3 Å². The summed E-state index contributed by atoms with van der Waals surface area (Å²) < 4.78 is 0. The lowest BCUT2D eigenvalue weighted by Crippen LogP contribution is -2.21. The first kappa shape index (κ1) is 13.7. The second-order valence-corrected chi connectivity index (χ2v) is 5.76. The lowest BCUT2D eigenvalue weighted by atomic mass is 10.4. The summed E-state index contributed by atoms with van der Waals surface area (Å²) in [5.41, 5.74) is 0.824. The van der Waals surface area contributed by atoms with Gasteiger partial charge in [0.05, 0.1) is 22.1 Å². The topological polar surface area (TPSA) is 79.3 Å². The first-order valence-corrected chi connectivity index (χ1v) is 7.34. The number of thiazole rings is 1. The maximum absolute atomic E-state index is 11.8. The minimum absolute atomic E-state index is 0.159. The van der Waals surface area contributed by atoms with E-state index in [9.17, 15) is 9.59 Å². The van der Waals surface area contributed by atoms with Gasteiger partial charge in [-0.3, -0.25) is 4.79 Å². The molecule has 2 heterocycles. The molecule has 0 spiro atoms. The molecule has 2 rings (SSSR count). The van der Waals surface area contributed by atoms with Crippen molar-refractivity contribution >= 4 is 34.6 Å². The zero-order valence-electron chi connectivity index (χ0n) is 10.2. The molecule has 0 radical (unpaired) electrons. The van der Waals surface area contributed by atoms with E-state index < -0.39 is 5.97 Å². The second-order valence-electron chi connectivity index (χ2n) is 3.74. The zero-order valence-corrected chi connectivity index (χ0v) is 11.8. The van der Waals surface area contributed by atoms with Crippen LogP contribution in [0.2, 0.25) is 0 Å². The first-order chi connectivity index (χ1) is 9.10. The number of rotatable bonds is 5. The summed E-state index contributed by atoms with van der Waals surface area (Å²) in [4.78, 5) is 27.4. The van der Waals surface area contributed by atoms with Crippen molar-refractivity contribution in [2.24, 2.45) is 0 Å². The van der Waals surface area contributed by atoms with Gasteiger partial charge in [-0.2, -0.15) is 0 Å². The molecule has 5 nitrogen and oxygen atoms in total. The Hall–Kier alpha value is -1.73. The molecule has 2 aromatic rings. The largest absolute Gasteiger partial charge is 0.477 e. The summed E-state index contributed by atoms with van der Waals surface area (Å²) in [5.74, 6) is -1.29. The summed E-state index contributed by atoms with van der Waals surface area (Å²) in [5, 5.41) is 14.5. The molecule has 0 saturated carbocycles. The molecular formula is C12H12N2O3S2. The van der Waals surface area contributed by atoms with E-state index in [-0.39, 0.29) is 10.8 Å². The summed E-state index contributed by atoms with van der Waals surface area (Å²) >= 11 is 2.53. The van der Waals surface area contributed by atoms with Crippen LogP contribution in [0, 0.1) is 0 Å². The van der Waals surface area contributed by atoms with Crippen LogP contribution in [-0.2, 0) is 13.0 Å². The van der Waals surface area contributed by atoms with Crippen LogP contribution in [0.5, 0.6) is 0 Å². The number of carbonyl (C=O) groups is 2. The van der Waals surface area contributed by atoms with Crippen LogP contribution >= 0.6 is 22.7 Å². The van der Waals surface area contributed by atoms with Crippen LogP contribution in [0.3, 0.4) is 0 Å². The van der Waals surface area contributed by atoms with Gasteiger partial charge in [0.25, 0.3) is 5.91 Å². The average Bonchev–Trinajstić information content (AvgIpc) is 3.04. The van der Waals surface area contributed by atoms with Gasteiger partial charge in [-0.1, -0.05) is 6.92 Å². The Labute approximate surface area is 117 Å². The van der Waals surface area contributed by atoms with Gasteiger partial charge in [-0.05, 0) is 18.6 Å². The Kier molecular flexibility index (Phi) is 4.28. The quantitative estimate of drug-likeness (QED) is 0.888. The van der Waals surface area contributed by atoms with Crippen LogP contribution in [0.1, 0.15) is 37.0 Å². The van der Waals surface area contributed by atoms with Crippen molar-refractivity contribution in [3.63, 3.8) is 0 Å². The monoisotopic (exact) mass is 296 g/mol. The van der Waals surface area contributed by atoms with Crippen LogP contribution in [-0.4, -0.2) is 22.0 Å². The lowest BCUT2D eigenvalue weighted by Gasteiger charge is -2.00. The third-order valence-corrected chi connectivity index (χ3v) is 4.49. The highest BCUT2D eigenvalue weighted by Crippen LogP contribution is 2.16. The molecule has 2 N–H and O–H groups in total. The molecule has 0 aliphatic carbocycles. The van der Waals surface area contributed by atoms with E-state index in [0.29, 0.717) is 11.4 Å². The molecule has 7 heteroatoms. The van der Waals surface area contributed by atoms with Gasteiger partial charge in [0.1, 0.15) is 4.88 Å². The smallest absolute Gasteiger partial charge is 0.345 e. The van der Waals surface area contributed by atoms with Gasteiger partial charge in [0, 0.05) is 5.38 Å². The highest BCUT2D eigenvalue weighted by molar-refractivity contribution is 7.15. The Morgan fingerprint density at radius 3 is 2.68 bits per heavy atom. The minimum Gasteiger partial charge on any atom is -0.477 e. The summed E-state index contributed by atoms with van der Waals surface area (Å²) in [6, 6.07) is 2.95. The fourth-order valence-corrected chi connectivity index (χ4v) is 2.93. The number of hydrogen-bond donors (Lipinski definition) is 2. The number of thiophene rings is 1. The first-order valence-electron chi connectivity index (χ1n) is 5.64. The molecule has 0 aliphatic heterocycles. The number of nitrogens with zero attached hydrogens (tertiary/aromatic N) is 1. The predicted molar refractivity (Wildman–Crippen MR) is 73.9 cm³/mol. The SMILES string of the molecule is CCc1nc(CNC(=O)c2ccc(C(=O)O)s2)cs1. The maximum Gasteiger partial charge on any atom is 0.345 e. The zero-order chi connectivity index (χ0) is 13.8. The van der Waals surface area contributed by atoms with Gasteiger partial charge in [-0.15, -0.1) is 22.7 Å². The molecule has 0 saturated heterocycles. The number of aromatic nitrogens is 1. The Morgan fingerprint density at radius 2 is 2.11 bits per heavy atom. The van der Waals surface area contributed by atoms with Crippen molar-refractivity contribution in [3.05, 3.63) is 38.0 Å². The van der Waals surface area contributed by atoms with Crippen molar-refractivity contribution in [2.75, 3.05) is 0 Å². The van der Waals surface area contributed by atoms with Crippen LogP contribution in [0.25, 0.3) is 0 Å². The number of amides is 1. The van der Waals surface area contributed by atoms with Crippen molar-refractivity contribution in [2.45, 2.75) is 19.9 Å². The maximum atomic E-state index is 11.8. The molecule has 1 amide bonds. The van der Waals surface area contributed by atoms with Gasteiger partial charge in [-0.25, -0.2) is 9.78 Å². The van der Waals surface area contributed by atoms with Crippen LogP contribution < -0.4 is 5.32 Å². The fraction of sp³-hybridized carbons (Fsp3) is 0.250. The molecule has 0 unspecified atom stereocenters. The molecule has 0 bridgehead atoms. The predicted octanol–water partition coefficient (Wildman–Crippen LogP) is 2.40. The summed E-state index contributed by atoms with van der Waals surface area (Å²) in [6.45, 7) is 2.38. The number of carboxylic acids is 1. The normalized spacial score (nSPS) is 10.4. The molecule has 0 atom stereocenters. The number of carboxylic acid groups (broad SMARTS) is 1. The molecule has 100 valence electrons. The average molecular weight is 296 g/mol. The van der Waals surface area contributed by atoms with Crippen molar-refractivity contribution < 1.29 is 14.7 Å². The lowest BCUT2D eigenvalue weighted by molar-refractivity contribution is 0.0702. The van der Waals surface area contributed by atoms with E-state index in [1.807, 2.05) is 12.3 Å². The molecule has 0 aliphatic rings. The van der Waals surface area contributed by atoms with Crippen LogP contribution in [0.4, 0.5) is 0 Å². The Morgan fingerprint density at radius 1 is 1.37 bits per heavy atom. The number of hydrogen-bond acceptors (Lipinski definition) is 5. The van der Waals surface area contributed by atoms with Gasteiger partial charge < -0.3 is 10.4 Å². The summed E-state index contributed by atoms with van der Waals surface area (Å²) in [6.07, 6.45) is 0.880. The van der Waals surface area contributed by atoms with Crippen molar-refractivity contribution in [1.29, 1.82) is 0 Å². The van der Waals surface area contributed by atoms with E-state index in [4.69, 9.17) is 5.11 Å². The second kappa shape index (κ2) is 5.94. The van der Waals surface area contributed by atoms with Gasteiger partial charge >= 0.3 is 5.97 Å². The van der Waals surface area contributed by atoms with Crippen molar-refractivity contribution in [3.8, 4) is 0 Å². The highest BCUT2D eigenvalue weighted by atomic mass is 32.1. The fourth-order valence-electron chi connectivity index (χ4n) is 1.43. The standard InChI is InChI=1S/C12H12N2O3S2/c1-2-10-14-7(6-18-10)5-13-11(15)8-3-4-9(19-8)12(16)17/h3-4,6H,2,5H2,1H3,(H,13,15)(H,16,17). The molecular weight excluding hydrogens is 284 g/mol. The van der Waals surface area contributed by atoms with Gasteiger partial charge in [0.15, 0.2) is 0 Å².